The van der Waals surface area contributed by atoms with Crippen LogP contribution in [-0.2, 0) is 35.3 Å². The lowest BCUT2D eigenvalue weighted by molar-refractivity contribution is -0.165. The monoisotopic (exact) mass is 712 g/mol. The van der Waals surface area contributed by atoms with Crippen LogP contribution in [0.4, 0.5) is 0 Å². The van der Waals surface area contributed by atoms with Crippen molar-refractivity contribution in [1.29, 1.82) is 0 Å². The van der Waals surface area contributed by atoms with Crippen LogP contribution >= 0.6 is 0 Å². The molecule has 6 rings (SSSR count). The van der Waals surface area contributed by atoms with E-state index in [0.29, 0.717) is 36.8 Å². The molecule has 3 aliphatic rings. The quantitative estimate of drug-likeness (QED) is 0.174. The number of amides is 3. The predicted molar refractivity (Wildman–Crippen MR) is 192 cm³/mol. The van der Waals surface area contributed by atoms with Crippen LogP contribution in [0.1, 0.15) is 57.6 Å². The summed E-state index contributed by atoms with van der Waals surface area (Å²) in [6.45, 7) is 11.1. The van der Waals surface area contributed by atoms with E-state index in [1.807, 2.05) is 68.4 Å². The smallest absolute Gasteiger partial charge is 0.313 e. The van der Waals surface area contributed by atoms with Gasteiger partial charge in [-0.25, -0.2) is 4.68 Å². The summed E-state index contributed by atoms with van der Waals surface area (Å²) in [5.74, 6) is -3.57. The zero-order chi connectivity index (χ0) is 37.2. The molecule has 13 heteroatoms. The Labute approximate surface area is 303 Å². The minimum Gasteiger partial charge on any atom is -0.455 e. The second kappa shape index (κ2) is 15.4. The Kier molecular flexibility index (Phi) is 10.9. The van der Waals surface area contributed by atoms with Gasteiger partial charge in [0.2, 0.25) is 17.7 Å². The number of aliphatic hydroxyl groups is 1. The first-order valence-electron chi connectivity index (χ1n) is 18.0. The third-order valence-corrected chi connectivity index (χ3v) is 11.1. The molecule has 3 amide bonds. The van der Waals surface area contributed by atoms with Crippen molar-refractivity contribution in [2.45, 2.75) is 88.6 Å². The fourth-order valence-corrected chi connectivity index (χ4v) is 8.30. The number of aromatic nitrogens is 3. The Balaban J connectivity index is 1.33. The Bertz CT molecular complexity index is 1810. The molecule has 3 saturated heterocycles. The van der Waals surface area contributed by atoms with Gasteiger partial charge in [0.05, 0.1) is 42.1 Å². The molecule has 0 aliphatic carbocycles. The predicted octanol–water partition coefficient (Wildman–Crippen LogP) is 3.65. The van der Waals surface area contributed by atoms with Gasteiger partial charge in [-0.15, -0.1) is 18.3 Å². The molecule has 276 valence electrons. The second-order valence-corrected chi connectivity index (χ2v) is 14.0. The van der Waals surface area contributed by atoms with Crippen molar-refractivity contribution in [2.24, 2.45) is 11.8 Å². The SMILES string of the molecule is C=CCCC(=O)N(C)[C@@H](C)[C@@H](OC(=O)[C@@H]1[C@@H]2CC[C@]3(O2)[C@H](C(=O)N(CC=C)Cn2nnc4ccccc42)N([C@@H](CC)CO)C(=O)[C@@H]13)c1ccccc1. The average Bonchev–Trinajstić information content (AvgIpc) is 3.92. The van der Waals surface area contributed by atoms with Gasteiger partial charge in [0, 0.05) is 20.0 Å². The molecule has 3 fully saturated rings. The van der Waals surface area contributed by atoms with E-state index in [4.69, 9.17) is 9.47 Å². The van der Waals surface area contributed by atoms with E-state index in [2.05, 4.69) is 23.5 Å². The molecule has 8 atom stereocenters. The highest BCUT2D eigenvalue weighted by Crippen LogP contribution is 2.59. The largest absolute Gasteiger partial charge is 0.455 e. The van der Waals surface area contributed by atoms with Crippen molar-refractivity contribution in [3.63, 3.8) is 0 Å². The van der Waals surface area contributed by atoms with Gasteiger partial charge in [-0.2, -0.15) is 0 Å². The third kappa shape index (κ3) is 6.40. The molecule has 52 heavy (non-hydrogen) atoms. The van der Waals surface area contributed by atoms with Gasteiger partial charge in [-0.1, -0.05) is 66.8 Å². The normalized spacial score (nSPS) is 25.0. The number of nitrogens with zero attached hydrogens (tertiary/aromatic N) is 6. The number of carbonyl (C=O) groups is 4. The number of rotatable bonds is 16. The highest BCUT2D eigenvalue weighted by Gasteiger charge is 2.75. The van der Waals surface area contributed by atoms with E-state index >= 15 is 0 Å². The van der Waals surface area contributed by atoms with Crippen LogP contribution in [0.3, 0.4) is 0 Å². The maximum atomic E-state index is 14.9. The summed E-state index contributed by atoms with van der Waals surface area (Å²) in [6, 6.07) is 14.3. The zero-order valence-corrected chi connectivity index (χ0v) is 30.0. The number of benzene rings is 2. The number of hydrogen-bond acceptors (Lipinski definition) is 9. The number of aliphatic hydroxyl groups excluding tert-OH is 1. The Morgan fingerprint density at radius 1 is 1.13 bits per heavy atom. The van der Waals surface area contributed by atoms with Crippen LogP contribution < -0.4 is 0 Å². The minimum atomic E-state index is -1.32. The molecule has 0 unspecified atom stereocenters. The summed E-state index contributed by atoms with van der Waals surface area (Å²) in [5, 5.41) is 19.0. The molecular formula is C39H48N6O7. The summed E-state index contributed by atoms with van der Waals surface area (Å²) in [6.07, 6.45) is 3.77. The van der Waals surface area contributed by atoms with Crippen LogP contribution in [0, 0.1) is 11.8 Å². The Morgan fingerprint density at radius 3 is 2.56 bits per heavy atom. The van der Waals surface area contributed by atoms with Crippen LogP contribution in [0.25, 0.3) is 11.0 Å². The van der Waals surface area contributed by atoms with Crippen LogP contribution in [0.2, 0.25) is 0 Å². The van der Waals surface area contributed by atoms with Crippen molar-refractivity contribution >= 4 is 34.7 Å². The molecular weight excluding hydrogens is 664 g/mol. The lowest BCUT2D eigenvalue weighted by Gasteiger charge is -2.39. The van der Waals surface area contributed by atoms with Gasteiger partial charge < -0.3 is 29.3 Å². The minimum absolute atomic E-state index is 0.0329. The number of likely N-dealkylation sites (N-methyl/N-ethyl adjacent to an activating group) is 1. The zero-order valence-electron chi connectivity index (χ0n) is 30.0. The first-order chi connectivity index (χ1) is 25.1. The number of ether oxygens (including phenoxy) is 2. The van der Waals surface area contributed by atoms with Gasteiger partial charge in [0.25, 0.3) is 0 Å². The summed E-state index contributed by atoms with van der Waals surface area (Å²) in [7, 11) is 1.68. The molecule has 4 heterocycles. The number of fused-ring (bicyclic) bond motifs is 2. The Hall–Kier alpha value is -4.88. The fraction of sp³-hybridized carbons (Fsp3) is 0.487. The van der Waals surface area contributed by atoms with Crippen molar-refractivity contribution in [3.8, 4) is 0 Å². The van der Waals surface area contributed by atoms with Crippen molar-refractivity contribution in [2.75, 3.05) is 20.2 Å². The molecule has 3 aliphatic heterocycles. The molecule has 0 radical (unpaired) electrons. The van der Waals surface area contributed by atoms with Crippen molar-refractivity contribution < 1.29 is 33.8 Å². The molecule has 1 aromatic heterocycles. The third-order valence-electron chi connectivity index (χ3n) is 11.1. The van der Waals surface area contributed by atoms with Gasteiger partial charge in [-0.3, -0.25) is 19.2 Å². The van der Waals surface area contributed by atoms with Gasteiger partial charge >= 0.3 is 5.97 Å². The molecule has 2 bridgehead atoms. The molecule has 2 aromatic carbocycles. The van der Waals surface area contributed by atoms with Gasteiger partial charge in [0.1, 0.15) is 29.9 Å². The molecule has 1 spiro atoms. The first kappa shape index (κ1) is 36.9. The standard InChI is InChI=1S/C39H48N6O7/c1-6-9-19-31(47)42(5)25(4)34(26-15-11-10-12-16-26)51-38(50)32-30-20-21-39(52-30)33(32)36(48)45(27(8-3)23-46)35(39)37(49)43(22-7-2)24-44-29-18-14-13-17-28(29)40-41-44/h6-7,10-18,25,27,30,32-35,46H,1-2,8-9,19-24H2,3-5H3/t25-,27-,30-,32+,33+,34+,35-,39+/m0/s1. The number of allylic oxidation sites excluding steroid dienone is 1. The fourth-order valence-electron chi connectivity index (χ4n) is 8.30. The summed E-state index contributed by atoms with van der Waals surface area (Å²) < 4.78 is 14.6. The maximum absolute atomic E-state index is 14.9. The topological polar surface area (TPSA) is 147 Å². The maximum Gasteiger partial charge on any atom is 0.313 e. The number of esters is 1. The number of para-hydroxylation sites is 1. The van der Waals surface area contributed by atoms with Crippen LogP contribution in [-0.4, -0.2) is 109 Å². The molecule has 0 saturated carbocycles. The van der Waals surface area contributed by atoms with Crippen LogP contribution in [0.5, 0.6) is 0 Å². The van der Waals surface area contributed by atoms with E-state index in [9.17, 15) is 24.3 Å². The lowest BCUT2D eigenvalue weighted by Crippen LogP contribution is -2.58. The van der Waals surface area contributed by atoms with Crippen LogP contribution in [0.15, 0.2) is 79.9 Å². The molecule has 1 N–H and O–H groups in total. The Morgan fingerprint density at radius 2 is 1.87 bits per heavy atom. The number of hydrogen-bond donors (Lipinski definition) is 1. The summed E-state index contributed by atoms with van der Waals surface area (Å²) in [4.78, 5) is 61.6. The van der Waals surface area contributed by atoms with E-state index < -0.39 is 65.6 Å². The van der Waals surface area contributed by atoms with Gasteiger partial charge in [-0.05, 0) is 50.3 Å². The van der Waals surface area contributed by atoms with Crippen molar-refractivity contribution in [1.82, 2.24) is 29.7 Å². The van der Waals surface area contributed by atoms with E-state index in [1.165, 1.54) is 4.90 Å². The summed E-state index contributed by atoms with van der Waals surface area (Å²) >= 11 is 0. The number of carbonyl (C=O) groups excluding carboxylic acids is 4. The lowest BCUT2D eigenvalue weighted by atomic mass is 9.70. The van der Waals surface area contributed by atoms with E-state index in [1.54, 1.807) is 33.7 Å². The first-order valence-corrected chi connectivity index (χ1v) is 18.0. The van der Waals surface area contributed by atoms with Gasteiger partial charge in [0.15, 0.2) is 0 Å². The van der Waals surface area contributed by atoms with E-state index in [-0.39, 0.29) is 32.1 Å². The highest BCUT2D eigenvalue weighted by molar-refractivity contribution is 5.98. The van der Waals surface area contributed by atoms with Crippen molar-refractivity contribution in [3.05, 3.63) is 85.5 Å². The van der Waals surface area contributed by atoms with E-state index in [0.717, 1.165) is 5.52 Å². The highest BCUT2D eigenvalue weighted by atomic mass is 16.6. The molecule has 3 aromatic rings. The number of likely N-dealkylation sites (tertiary alicyclic amines) is 1. The molecule has 13 nitrogen and oxygen atoms in total. The average molecular weight is 713 g/mol. The second-order valence-electron chi connectivity index (χ2n) is 14.0. The summed E-state index contributed by atoms with van der Waals surface area (Å²) in [5.41, 5.74) is 0.786.